The summed E-state index contributed by atoms with van der Waals surface area (Å²) < 4.78 is 10.3. The molecule has 1 aromatic carbocycles. The van der Waals surface area contributed by atoms with E-state index >= 15 is 0 Å². The van der Waals surface area contributed by atoms with Gasteiger partial charge in [0, 0.05) is 10.4 Å². The maximum atomic E-state index is 12.5. The maximum absolute atomic E-state index is 12.5. The van der Waals surface area contributed by atoms with Crippen molar-refractivity contribution in [1.82, 2.24) is 10.3 Å². The Bertz CT molecular complexity index is 980. The quantitative estimate of drug-likeness (QED) is 0.665. The first-order valence-corrected chi connectivity index (χ1v) is 9.71. The van der Waals surface area contributed by atoms with Crippen LogP contribution in [0.2, 0.25) is 0 Å². The van der Waals surface area contributed by atoms with Gasteiger partial charge in [0.15, 0.2) is 5.13 Å². The molecule has 2 N–H and O–H groups in total. The molecule has 0 bridgehead atoms. The van der Waals surface area contributed by atoms with Crippen molar-refractivity contribution in [1.29, 1.82) is 0 Å². The van der Waals surface area contributed by atoms with Crippen LogP contribution in [-0.4, -0.2) is 23.9 Å². The number of thiazole rings is 1. The Labute approximate surface area is 165 Å². The number of hydrogen-bond acceptors (Lipinski definition) is 6. The number of carbonyl (C=O) groups is 2. The van der Waals surface area contributed by atoms with E-state index in [1.54, 1.807) is 43.7 Å². The van der Waals surface area contributed by atoms with E-state index in [4.69, 9.17) is 9.15 Å². The average Bonchev–Trinajstić information content (AvgIpc) is 3.43. The number of carbonyl (C=O) groups excluding carboxylic acids is 2. The van der Waals surface area contributed by atoms with Gasteiger partial charge >= 0.3 is 0 Å². The summed E-state index contributed by atoms with van der Waals surface area (Å²) >= 11 is 1.42. The molecule has 3 aromatic rings. The molecule has 0 fully saturated rings. The minimum Gasteiger partial charge on any atom is -0.497 e. The summed E-state index contributed by atoms with van der Waals surface area (Å²) in [5, 5.41) is 6.22. The number of furan rings is 1. The predicted octanol–water partition coefficient (Wildman–Crippen LogP) is 3.34. The number of anilines is 1. The van der Waals surface area contributed by atoms with Crippen molar-refractivity contribution in [3.8, 4) is 5.75 Å². The lowest BCUT2D eigenvalue weighted by Gasteiger charge is -2.09. The molecule has 1 atom stereocenters. The summed E-state index contributed by atoms with van der Waals surface area (Å²) in [5.74, 6) is 0.778. The summed E-state index contributed by atoms with van der Waals surface area (Å²) in [6.07, 6.45) is 3.09. The molecular weight excluding hydrogens is 378 g/mol. The molecule has 8 heteroatoms. The fourth-order valence-corrected chi connectivity index (χ4v) is 4.19. The number of amides is 2. The zero-order chi connectivity index (χ0) is 19.5. The van der Waals surface area contributed by atoms with Gasteiger partial charge in [0.2, 0.25) is 5.91 Å². The third-order valence-corrected chi connectivity index (χ3v) is 5.67. The van der Waals surface area contributed by atoms with Gasteiger partial charge in [0.1, 0.15) is 11.5 Å². The van der Waals surface area contributed by atoms with Gasteiger partial charge in [-0.15, -0.1) is 11.3 Å². The van der Waals surface area contributed by atoms with Gasteiger partial charge in [0.25, 0.3) is 5.91 Å². The fourth-order valence-electron chi connectivity index (χ4n) is 3.16. The first-order valence-electron chi connectivity index (χ1n) is 8.89. The Kier molecular flexibility index (Phi) is 5.12. The molecule has 144 valence electrons. The fraction of sp³-hybridized carbons (Fsp3) is 0.250. The highest BCUT2D eigenvalue weighted by Gasteiger charge is 2.32. The predicted molar refractivity (Wildman–Crippen MR) is 105 cm³/mol. The lowest BCUT2D eigenvalue weighted by atomic mass is 10.1. The van der Waals surface area contributed by atoms with Gasteiger partial charge in [-0.1, -0.05) is 0 Å². The molecule has 1 aliphatic rings. The normalized spacial score (nSPS) is 15.1. The monoisotopic (exact) mass is 397 g/mol. The Hall–Kier alpha value is -3.13. The van der Waals surface area contributed by atoms with Crippen molar-refractivity contribution in [3.05, 3.63) is 64.6 Å². The van der Waals surface area contributed by atoms with E-state index in [2.05, 4.69) is 15.6 Å². The van der Waals surface area contributed by atoms with Crippen LogP contribution >= 0.6 is 11.3 Å². The average molecular weight is 397 g/mol. The molecule has 2 aromatic heterocycles. The molecule has 0 saturated carbocycles. The van der Waals surface area contributed by atoms with Crippen molar-refractivity contribution in [2.24, 2.45) is 0 Å². The lowest BCUT2D eigenvalue weighted by Crippen LogP contribution is -2.28. The summed E-state index contributed by atoms with van der Waals surface area (Å²) in [7, 11) is 1.58. The molecule has 2 heterocycles. The van der Waals surface area contributed by atoms with Gasteiger partial charge in [-0.25, -0.2) is 4.98 Å². The van der Waals surface area contributed by atoms with Crippen LogP contribution in [-0.2, 0) is 17.8 Å². The summed E-state index contributed by atoms with van der Waals surface area (Å²) in [4.78, 5) is 30.5. The van der Waals surface area contributed by atoms with Gasteiger partial charge in [-0.2, -0.15) is 0 Å². The smallest absolute Gasteiger partial charge is 0.257 e. The van der Waals surface area contributed by atoms with Crippen molar-refractivity contribution in [2.45, 2.75) is 25.3 Å². The molecule has 0 aliphatic heterocycles. The van der Waals surface area contributed by atoms with E-state index in [1.165, 1.54) is 11.3 Å². The van der Waals surface area contributed by atoms with Crippen molar-refractivity contribution in [3.63, 3.8) is 0 Å². The number of nitrogens with one attached hydrogen (secondary N) is 2. The van der Waals surface area contributed by atoms with Gasteiger partial charge in [-0.05, 0) is 49.2 Å². The zero-order valence-corrected chi connectivity index (χ0v) is 16.0. The highest BCUT2D eigenvalue weighted by atomic mass is 32.1. The van der Waals surface area contributed by atoms with E-state index in [0.29, 0.717) is 28.7 Å². The number of methoxy groups -OCH3 is 1. The molecule has 4 rings (SSSR count). The highest BCUT2D eigenvalue weighted by Crippen LogP contribution is 2.38. The second-order valence-electron chi connectivity index (χ2n) is 6.40. The Morgan fingerprint density at radius 2 is 2.11 bits per heavy atom. The van der Waals surface area contributed by atoms with Gasteiger partial charge in [0.05, 0.1) is 31.5 Å². The third kappa shape index (κ3) is 3.77. The molecule has 0 spiro atoms. The summed E-state index contributed by atoms with van der Waals surface area (Å²) in [6.45, 7) is 0.350. The van der Waals surface area contributed by atoms with E-state index in [-0.39, 0.29) is 17.7 Å². The van der Waals surface area contributed by atoms with E-state index in [9.17, 15) is 9.59 Å². The minimum absolute atomic E-state index is 0.0755. The van der Waals surface area contributed by atoms with Crippen LogP contribution in [0.15, 0.2) is 47.1 Å². The topological polar surface area (TPSA) is 93.5 Å². The second-order valence-corrected chi connectivity index (χ2v) is 7.48. The van der Waals surface area contributed by atoms with Crippen LogP contribution < -0.4 is 15.4 Å². The summed E-state index contributed by atoms with van der Waals surface area (Å²) in [6, 6.07) is 10.5. The number of nitrogens with zero attached hydrogens (tertiary/aromatic N) is 1. The Morgan fingerprint density at radius 1 is 1.29 bits per heavy atom. The first-order chi connectivity index (χ1) is 13.6. The molecule has 0 unspecified atom stereocenters. The van der Waals surface area contributed by atoms with Crippen molar-refractivity contribution in [2.75, 3.05) is 12.4 Å². The van der Waals surface area contributed by atoms with Crippen molar-refractivity contribution >= 4 is 28.3 Å². The molecule has 0 saturated heterocycles. The maximum Gasteiger partial charge on any atom is 0.257 e. The standard InChI is InChI=1S/C20H19N3O4S/c1-26-13-6-4-12(5-7-13)18(24)23-20-22-17-15(8-9-16(17)28-20)19(25)21-11-14-3-2-10-27-14/h2-7,10,15H,8-9,11H2,1H3,(H,21,25)(H,22,23,24)/t15-/m1/s1. The Balaban J connectivity index is 1.41. The van der Waals surface area contributed by atoms with E-state index in [0.717, 1.165) is 23.4 Å². The second kappa shape index (κ2) is 7.85. The van der Waals surface area contributed by atoms with Crippen LogP contribution in [0.5, 0.6) is 5.75 Å². The SMILES string of the molecule is COc1ccc(C(=O)Nc2nc3c(s2)CC[C@H]3C(=O)NCc2ccco2)cc1. The molecule has 2 amide bonds. The number of aryl methyl sites for hydroxylation is 1. The lowest BCUT2D eigenvalue weighted by molar-refractivity contribution is -0.122. The van der Waals surface area contributed by atoms with Crippen molar-refractivity contribution < 1.29 is 18.7 Å². The third-order valence-electron chi connectivity index (χ3n) is 4.62. The number of hydrogen-bond donors (Lipinski definition) is 2. The number of ether oxygens (including phenoxy) is 1. The number of benzene rings is 1. The van der Waals surface area contributed by atoms with Crippen LogP contribution in [0.3, 0.4) is 0 Å². The van der Waals surface area contributed by atoms with Gasteiger partial charge < -0.3 is 14.5 Å². The molecular formula is C20H19N3O4S. The Morgan fingerprint density at radius 3 is 2.82 bits per heavy atom. The van der Waals surface area contributed by atoms with Gasteiger partial charge in [-0.3, -0.25) is 14.9 Å². The van der Waals surface area contributed by atoms with Crippen LogP contribution in [0.4, 0.5) is 5.13 Å². The number of aromatic nitrogens is 1. The molecule has 7 nitrogen and oxygen atoms in total. The van der Waals surface area contributed by atoms with E-state index < -0.39 is 0 Å². The first kappa shape index (κ1) is 18.2. The zero-order valence-electron chi connectivity index (χ0n) is 15.2. The minimum atomic E-state index is -0.298. The van der Waals surface area contributed by atoms with Crippen LogP contribution in [0, 0.1) is 0 Å². The van der Waals surface area contributed by atoms with Crippen LogP contribution in [0.1, 0.15) is 39.0 Å². The number of fused-ring (bicyclic) bond motifs is 1. The van der Waals surface area contributed by atoms with Crippen LogP contribution in [0.25, 0.3) is 0 Å². The number of rotatable bonds is 6. The highest BCUT2D eigenvalue weighted by molar-refractivity contribution is 7.16. The molecule has 28 heavy (non-hydrogen) atoms. The molecule has 1 aliphatic carbocycles. The van der Waals surface area contributed by atoms with E-state index in [1.807, 2.05) is 6.07 Å². The largest absolute Gasteiger partial charge is 0.497 e. The molecule has 0 radical (unpaired) electrons. The summed E-state index contributed by atoms with van der Waals surface area (Å²) in [5.41, 5.74) is 1.27.